The van der Waals surface area contributed by atoms with Crippen LogP contribution in [-0.4, -0.2) is 20.2 Å². The Hall–Kier alpha value is -3.33. The third-order valence-corrected chi connectivity index (χ3v) is 3.85. The van der Waals surface area contributed by atoms with Gasteiger partial charge in [-0.15, -0.1) is 0 Å². The number of aryl methyl sites for hydroxylation is 2. The monoisotopic (exact) mass is 318 g/mol. The standard InChI is InChI=1S/C18H18N6/c1-3-24-11(2)23-15-10-12(5-7-16(15)24)4-6-13(19)17-14(20)8-9-22-18(17)21/h5,7-10,19H,3H2,1-2H3,(H4,20,21,22). The average Bonchev–Trinajstić information content (AvgIpc) is 2.86. The van der Waals surface area contributed by atoms with E-state index in [2.05, 4.69) is 33.3 Å². The summed E-state index contributed by atoms with van der Waals surface area (Å²) < 4.78 is 2.14. The Morgan fingerprint density at radius 3 is 2.79 bits per heavy atom. The van der Waals surface area contributed by atoms with Gasteiger partial charge >= 0.3 is 0 Å². The van der Waals surface area contributed by atoms with Gasteiger partial charge in [0.1, 0.15) is 17.4 Å². The molecule has 0 saturated carbocycles. The van der Waals surface area contributed by atoms with Crippen molar-refractivity contribution in [2.24, 2.45) is 0 Å². The van der Waals surface area contributed by atoms with Crippen LogP contribution >= 0.6 is 0 Å². The fourth-order valence-electron chi connectivity index (χ4n) is 2.69. The predicted octanol–water partition coefficient (Wildman–Crippen LogP) is 2.34. The van der Waals surface area contributed by atoms with Crippen molar-refractivity contribution in [3.8, 4) is 11.8 Å². The molecule has 0 bridgehead atoms. The number of aromatic nitrogens is 3. The highest BCUT2D eigenvalue weighted by Gasteiger charge is 2.09. The minimum atomic E-state index is 0.0495. The van der Waals surface area contributed by atoms with Gasteiger partial charge < -0.3 is 16.0 Å². The van der Waals surface area contributed by atoms with Gasteiger partial charge in [0.2, 0.25) is 0 Å². The Kier molecular flexibility index (Phi) is 3.92. The lowest BCUT2D eigenvalue weighted by Gasteiger charge is -2.04. The van der Waals surface area contributed by atoms with E-state index >= 15 is 0 Å². The minimum Gasteiger partial charge on any atom is -0.398 e. The van der Waals surface area contributed by atoms with Gasteiger partial charge in [0.25, 0.3) is 0 Å². The molecular formula is C18H18N6. The molecule has 3 aromatic rings. The van der Waals surface area contributed by atoms with E-state index in [1.165, 1.54) is 6.20 Å². The van der Waals surface area contributed by atoms with Crippen LogP contribution in [0.1, 0.15) is 23.9 Å². The molecule has 5 N–H and O–H groups in total. The number of hydrogen-bond acceptors (Lipinski definition) is 5. The largest absolute Gasteiger partial charge is 0.398 e. The molecule has 2 aromatic heterocycles. The van der Waals surface area contributed by atoms with E-state index in [0.717, 1.165) is 29.0 Å². The van der Waals surface area contributed by atoms with Crippen molar-refractivity contribution in [2.45, 2.75) is 20.4 Å². The fraction of sp³-hybridized carbons (Fsp3) is 0.167. The number of benzene rings is 1. The lowest BCUT2D eigenvalue weighted by molar-refractivity contribution is 0.753. The molecule has 0 amide bonds. The first-order chi connectivity index (χ1) is 11.5. The van der Waals surface area contributed by atoms with E-state index in [4.69, 9.17) is 16.9 Å². The van der Waals surface area contributed by atoms with E-state index < -0.39 is 0 Å². The van der Waals surface area contributed by atoms with Gasteiger partial charge in [-0.2, -0.15) is 0 Å². The minimum absolute atomic E-state index is 0.0495. The quantitative estimate of drug-likeness (QED) is 0.498. The van der Waals surface area contributed by atoms with Crippen molar-refractivity contribution < 1.29 is 0 Å². The van der Waals surface area contributed by atoms with Crippen molar-refractivity contribution in [1.82, 2.24) is 14.5 Å². The van der Waals surface area contributed by atoms with E-state index in [9.17, 15) is 0 Å². The molecule has 0 saturated heterocycles. The first-order valence-corrected chi connectivity index (χ1v) is 7.59. The third-order valence-electron chi connectivity index (χ3n) is 3.85. The van der Waals surface area contributed by atoms with Crippen LogP contribution in [0.5, 0.6) is 0 Å². The van der Waals surface area contributed by atoms with Crippen LogP contribution in [0.3, 0.4) is 0 Å². The van der Waals surface area contributed by atoms with E-state index in [0.29, 0.717) is 11.3 Å². The van der Waals surface area contributed by atoms with Crippen molar-refractivity contribution in [3.05, 3.63) is 47.4 Å². The molecule has 0 fully saturated rings. The molecular weight excluding hydrogens is 300 g/mol. The molecule has 2 heterocycles. The first-order valence-electron chi connectivity index (χ1n) is 7.59. The van der Waals surface area contributed by atoms with Crippen molar-refractivity contribution in [2.75, 3.05) is 11.5 Å². The molecule has 6 nitrogen and oxygen atoms in total. The van der Waals surface area contributed by atoms with Crippen LogP contribution < -0.4 is 11.5 Å². The second kappa shape index (κ2) is 6.05. The maximum absolute atomic E-state index is 8.10. The summed E-state index contributed by atoms with van der Waals surface area (Å²) in [6, 6.07) is 7.45. The zero-order valence-corrected chi connectivity index (χ0v) is 13.6. The number of nitrogen functional groups attached to an aromatic ring is 2. The molecule has 0 unspecified atom stereocenters. The van der Waals surface area contributed by atoms with Gasteiger partial charge in [0, 0.05) is 24.0 Å². The summed E-state index contributed by atoms with van der Waals surface area (Å²) in [5.41, 5.74) is 15.2. The molecule has 24 heavy (non-hydrogen) atoms. The van der Waals surface area contributed by atoms with Crippen LogP contribution in [0, 0.1) is 24.2 Å². The lowest BCUT2D eigenvalue weighted by Crippen LogP contribution is -2.07. The molecule has 1 aromatic carbocycles. The molecule has 3 rings (SSSR count). The van der Waals surface area contributed by atoms with Gasteiger partial charge in [-0.3, -0.25) is 5.41 Å². The summed E-state index contributed by atoms with van der Waals surface area (Å²) in [4.78, 5) is 8.50. The van der Waals surface area contributed by atoms with Crippen LogP contribution in [-0.2, 0) is 6.54 Å². The van der Waals surface area contributed by atoms with Crippen LogP contribution in [0.4, 0.5) is 11.5 Å². The van der Waals surface area contributed by atoms with Gasteiger partial charge in [-0.1, -0.05) is 5.92 Å². The Morgan fingerprint density at radius 2 is 2.08 bits per heavy atom. The third kappa shape index (κ3) is 2.68. The Balaban J connectivity index is 1.96. The highest BCUT2D eigenvalue weighted by molar-refractivity contribution is 6.16. The number of hydrogen-bond donors (Lipinski definition) is 3. The zero-order chi connectivity index (χ0) is 17.3. The maximum atomic E-state index is 8.10. The van der Waals surface area contributed by atoms with E-state index in [1.54, 1.807) is 6.07 Å². The lowest BCUT2D eigenvalue weighted by atomic mass is 10.1. The second-order valence-electron chi connectivity index (χ2n) is 5.39. The van der Waals surface area contributed by atoms with Crippen LogP contribution in [0.25, 0.3) is 11.0 Å². The molecule has 0 aliphatic carbocycles. The molecule has 6 heteroatoms. The number of nitrogens with zero attached hydrogens (tertiary/aromatic N) is 3. The number of rotatable bonds is 2. The van der Waals surface area contributed by atoms with Gasteiger partial charge in [-0.25, -0.2) is 9.97 Å². The number of imidazole rings is 1. The molecule has 0 atom stereocenters. The van der Waals surface area contributed by atoms with Crippen molar-refractivity contribution >= 4 is 28.3 Å². The van der Waals surface area contributed by atoms with Gasteiger partial charge in [-0.05, 0) is 44.0 Å². The number of fused-ring (bicyclic) bond motifs is 1. The second-order valence-corrected chi connectivity index (χ2v) is 5.39. The topological polar surface area (TPSA) is 107 Å². The Bertz CT molecular complexity index is 983. The van der Waals surface area contributed by atoms with Crippen molar-refractivity contribution in [3.63, 3.8) is 0 Å². The highest BCUT2D eigenvalue weighted by Crippen LogP contribution is 2.18. The highest BCUT2D eigenvalue weighted by atomic mass is 15.1. The molecule has 0 spiro atoms. The number of anilines is 2. The molecule has 0 aliphatic rings. The maximum Gasteiger partial charge on any atom is 0.135 e. The predicted molar refractivity (Wildman–Crippen MR) is 96.9 cm³/mol. The summed E-state index contributed by atoms with van der Waals surface area (Å²) in [5, 5.41) is 8.10. The van der Waals surface area contributed by atoms with E-state index in [1.807, 2.05) is 25.1 Å². The summed E-state index contributed by atoms with van der Waals surface area (Å²) in [6.07, 6.45) is 1.51. The van der Waals surface area contributed by atoms with E-state index in [-0.39, 0.29) is 11.5 Å². The van der Waals surface area contributed by atoms with Gasteiger partial charge in [0.15, 0.2) is 0 Å². The molecule has 120 valence electrons. The van der Waals surface area contributed by atoms with Crippen molar-refractivity contribution in [1.29, 1.82) is 5.41 Å². The normalized spacial score (nSPS) is 10.4. The molecule has 0 aliphatic heterocycles. The van der Waals surface area contributed by atoms with Gasteiger partial charge in [0.05, 0.1) is 16.6 Å². The number of nitrogens with one attached hydrogen (secondary N) is 1. The zero-order valence-electron chi connectivity index (χ0n) is 13.6. The smallest absolute Gasteiger partial charge is 0.135 e. The SMILES string of the molecule is CCn1c(C)nc2cc(C#CC(=N)c3c(N)ccnc3N)ccc21. The average molecular weight is 318 g/mol. The summed E-state index contributed by atoms with van der Waals surface area (Å²) in [5.74, 6) is 6.95. The molecule has 0 radical (unpaired) electrons. The number of nitrogens with two attached hydrogens (primary N) is 2. The fourth-order valence-corrected chi connectivity index (χ4v) is 2.69. The summed E-state index contributed by atoms with van der Waals surface area (Å²) in [6.45, 7) is 4.95. The first kappa shape index (κ1) is 15.6. The Morgan fingerprint density at radius 1 is 1.29 bits per heavy atom. The van der Waals surface area contributed by atoms with Crippen LogP contribution in [0.2, 0.25) is 0 Å². The number of pyridine rings is 1. The summed E-state index contributed by atoms with van der Waals surface area (Å²) in [7, 11) is 0. The Labute approximate surface area is 140 Å². The van der Waals surface area contributed by atoms with Crippen LogP contribution in [0.15, 0.2) is 30.5 Å². The summed E-state index contributed by atoms with van der Waals surface area (Å²) >= 11 is 0.